The van der Waals surface area contributed by atoms with Crippen molar-refractivity contribution in [3.8, 4) is 11.1 Å². The second-order valence-electron chi connectivity index (χ2n) is 7.73. The summed E-state index contributed by atoms with van der Waals surface area (Å²) >= 11 is 0. The maximum Gasteiger partial charge on any atom is 3.00 e. The first-order valence-corrected chi connectivity index (χ1v) is 8.70. The first-order valence-electron chi connectivity index (χ1n) is 8.70. The Kier molecular flexibility index (Phi) is 9.97. The van der Waals surface area contributed by atoms with Crippen molar-refractivity contribution in [1.29, 1.82) is 0 Å². The van der Waals surface area contributed by atoms with Gasteiger partial charge in [0.1, 0.15) is 0 Å². The van der Waals surface area contributed by atoms with E-state index in [1.165, 1.54) is 39.4 Å². The van der Waals surface area contributed by atoms with E-state index in [-0.39, 0.29) is 56.4 Å². The van der Waals surface area contributed by atoms with Gasteiger partial charge < -0.3 is 24.8 Å². The predicted molar refractivity (Wildman–Crippen MR) is 102 cm³/mol. The van der Waals surface area contributed by atoms with Gasteiger partial charge in [-0.05, 0) is 22.5 Å². The topological polar surface area (TPSA) is 0 Å². The van der Waals surface area contributed by atoms with Crippen LogP contribution < -0.4 is 24.8 Å². The van der Waals surface area contributed by atoms with Crippen molar-refractivity contribution in [2.24, 2.45) is 0 Å². The van der Waals surface area contributed by atoms with Crippen molar-refractivity contribution in [2.45, 2.75) is 52.4 Å². The van der Waals surface area contributed by atoms with E-state index in [2.05, 4.69) is 89.2 Å². The maximum absolute atomic E-state index is 2.39. The van der Waals surface area contributed by atoms with E-state index in [1.54, 1.807) is 0 Å². The quantitative estimate of drug-likeness (QED) is 0.508. The smallest absolute Gasteiger partial charge is 1.00 e. The zero-order valence-corrected chi connectivity index (χ0v) is 20.2. The standard InChI is InChI=1S/C23H27.2ClH.Zr/c1-6-16(2)19-14-18-8-7-9-21(22(18)15-19)17-10-12-20(13-11-17)23(3,4)5;;;/h7-16H,6H2,1-5H3;2*1H;/q-1;;;+3/p-2. The minimum atomic E-state index is 0. The van der Waals surface area contributed by atoms with Gasteiger partial charge in [-0.25, -0.2) is 0 Å². The van der Waals surface area contributed by atoms with E-state index in [0.29, 0.717) is 5.92 Å². The van der Waals surface area contributed by atoms with E-state index in [4.69, 9.17) is 0 Å². The summed E-state index contributed by atoms with van der Waals surface area (Å²) in [5.74, 6) is 0.624. The Morgan fingerprint density at radius 2 is 1.58 bits per heavy atom. The van der Waals surface area contributed by atoms with Gasteiger partial charge in [-0.1, -0.05) is 76.9 Å². The van der Waals surface area contributed by atoms with Crippen LogP contribution in [-0.4, -0.2) is 0 Å². The summed E-state index contributed by atoms with van der Waals surface area (Å²) in [7, 11) is 0. The summed E-state index contributed by atoms with van der Waals surface area (Å²) in [6.07, 6.45) is 1.19. The van der Waals surface area contributed by atoms with Gasteiger partial charge in [-0.15, -0.1) is 34.5 Å². The molecule has 0 nitrogen and oxygen atoms in total. The molecule has 0 saturated heterocycles. The number of benzene rings is 2. The number of hydrogen-bond acceptors (Lipinski definition) is 0. The monoisotopic (exact) mass is 463 g/mol. The Labute approximate surface area is 190 Å². The van der Waals surface area contributed by atoms with Crippen LogP contribution in [0.4, 0.5) is 0 Å². The Bertz CT molecular complexity index is 810. The van der Waals surface area contributed by atoms with Gasteiger partial charge in [0.15, 0.2) is 0 Å². The van der Waals surface area contributed by atoms with Crippen LogP contribution >= 0.6 is 0 Å². The Hall–Kier alpha value is -0.487. The fourth-order valence-electron chi connectivity index (χ4n) is 3.18. The SMILES string of the molecule is CCC(C)c1cc2c(-c3ccc(C(C)(C)C)cc3)cccc2[cH-]1.[Cl-].[Cl-].[Zr+3]. The summed E-state index contributed by atoms with van der Waals surface area (Å²) < 4.78 is 0. The van der Waals surface area contributed by atoms with E-state index in [1.807, 2.05) is 0 Å². The molecule has 0 aromatic heterocycles. The van der Waals surface area contributed by atoms with Crippen molar-refractivity contribution in [3.05, 3.63) is 65.7 Å². The summed E-state index contributed by atoms with van der Waals surface area (Å²) in [6.45, 7) is 11.4. The van der Waals surface area contributed by atoms with Crippen molar-refractivity contribution in [3.63, 3.8) is 0 Å². The average molecular weight is 466 g/mol. The van der Waals surface area contributed by atoms with Crippen LogP contribution in [0, 0.1) is 0 Å². The van der Waals surface area contributed by atoms with Crippen LogP contribution in [-0.2, 0) is 31.6 Å². The molecular formula is C23H27Cl2Zr. The largest absolute Gasteiger partial charge is 3.00 e. The third-order valence-corrected chi connectivity index (χ3v) is 5.02. The Balaban J connectivity index is 0.00000208. The van der Waals surface area contributed by atoms with E-state index >= 15 is 0 Å². The molecule has 3 aromatic carbocycles. The molecule has 3 rings (SSSR count). The summed E-state index contributed by atoms with van der Waals surface area (Å²) in [5, 5.41) is 2.74. The number of hydrogen-bond donors (Lipinski definition) is 0. The van der Waals surface area contributed by atoms with Crippen molar-refractivity contribution >= 4 is 10.8 Å². The van der Waals surface area contributed by atoms with Gasteiger partial charge in [0.2, 0.25) is 0 Å². The maximum atomic E-state index is 2.39. The molecule has 0 heterocycles. The third kappa shape index (κ3) is 5.28. The molecule has 0 aliphatic rings. The van der Waals surface area contributed by atoms with Gasteiger partial charge in [0.05, 0.1) is 0 Å². The predicted octanol–water partition coefficient (Wildman–Crippen LogP) is 1.04. The number of fused-ring (bicyclic) bond motifs is 1. The molecule has 0 bridgehead atoms. The Morgan fingerprint density at radius 3 is 2.12 bits per heavy atom. The molecule has 1 radical (unpaired) electrons. The molecule has 0 fully saturated rings. The van der Waals surface area contributed by atoms with Crippen LogP contribution in [0.1, 0.15) is 58.1 Å². The van der Waals surface area contributed by atoms with Crippen molar-refractivity contribution in [1.82, 2.24) is 0 Å². The van der Waals surface area contributed by atoms with Crippen LogP contribution in [0.2, 0.25) is 0 Å². The van der Waals surface area contributed by atoms with E-state index < -0.39 is 0 Å². The number of halogens is 2. The van der Waals surface area contributed by atoms with Crippen molar-refractivity contribution in [2.75, 3.05) is 0 Å². The zero-order valence-electron chi connectivity index (χ0n) is 16.2. The van der Waals surface area contributed by atoms with Crippen LogP contribution in [0.3, 0.4) is 0 Å². The van der Waals surface area contributed by atoms with Crippen LogP contribution in [0.5, 0.6) is 0 Å². The molecule has 0 aliphatic heterocycles. The number of rotatable bonds is 3. The van der Waals surface area contributed by atoms with E-state index in [9.17, 15) is 0 Å². The van der Waals surface area contributed by atoms with Gasteiger partial charge in [-0.2, -0.15) is 6.07 Å². The molecule has 1 unspecified atom stereocenters. The summed E-state index contributed by atoms with van der Waals surface area (Å²) in [6, 6.07) is 20.5. The normalized spacial score (nSPS) is 11.9. The van der Waals surface area contributed by atoms with Crippen molar-refractivity contribution < 1.29 is 51.0 Å². The fourth-order valence-corrected chi connectivity index (χ4v) is 3.18. The zero-order chi connectivity index (χ0) is 16.6. The average Bonchev–Trinajstić information content (AvgIpc) is 2.97. The second-order valence-corrected chi connectivity index (χ2v) is 7.73. The first-order chi connectivity index (χ1) is 10.9. The Morgan fingerprint density at radius 1 is 0.962 bits per heavy atom. The minimum Gasteiger partial charge on any atom is -1.00 e. The molecule has 0 aliphatic carbocycles. The molecule has 0 saturated carbocycles. The molecule has 26 heavy (non-hydrogen) atoms. The molecule has 3 heteroatoms. The second kappa shape index (κ2) is 10.2. The van der Waals surface area contributed by atoms with Crippen LogP contribution in [0.25, 0.3) is 21.9 Å². The molecule has 1 atom stereocenters. The molecule has 0 N–H and O–H groups in total. The molecular weight excluding hydrogens is 438 g/mol. The van der Waals surface area contributed by atoms with Gasteiger partial charge in [0, 0.05) is 0 Å². The molecule has 0 amide bonds. The summed E-state index contributed by atoms with van der Waals surface area (Å²) in [4.78, 5) is 0. The minimum absolute atomic E-state index is 0. The molecule has 3 aromatic rings. The molecule has 0 spiro atoms. The first kappa shape index (κ1) is 25.5. The summed E-state index contributed by atoms with van der Waals surface area (Å²) in [5.41, 5.74) is 5.70. The van der Waals surface area contributed by atoms with Gasteiger partial charge >= 0.3 is 26.2 Å². The third-order valence-electron chi connectivity index (χ3n) is 5.02. The van der Waals surface area contributed by atoms with Crippen LogP contribution in [0.15, 0.2) is 54.6 Å². The fraction of sp³-hybridized carbons (Fsp3) is 0.348. The molecule has 137 valence electrons. The van der Waals surface area contributed by atoms with Gasteiger partial charge in [-0.3, -0.25) is 0 Å². The van der Waals surface area contributed by atoms with E-state index in [0.717, 1.165) is 0 Å². The van der Waals surface area contributed by atoms with Gasteiger partial charge in [0.25, 0.3) is 0 Å².